The van der Waals surface area contributed by atoms with E-state index in [-0.39, 0.29) is 12.5 Å². The molecule has 0 radical (unpaired) electrons. The summed E-state index contributed by atoms with van der Waals surface area (Å²) >= 11 is 1.84. The highest BCUT2D eigenvalue weighted by Crippen LogP contribution is 2.10. The van der Waals surface area contributed by atoms with E-state index in [4.69, 9.17) is 4.74 Å². The third-order valence-corrected chi connectivity index (χ3v) is 4.18. The van der Waals surface area contributed by atoms with Crippen LogP contribution in [0.25, 0.3) is 0 Å². The normalized spacial score (nSPS) is 16.1. The van der Waals surface area contributed by atoms with Crippen LogP contribution in [0.15, 0.2) is 30.3 Å². The molecule has 6 heteroatoms. The maximum Gasteiger partial charge on any atom is 0.408 e. The van der Waals surface area contributed by atoms with E-state index in [0.29, 0.717) is 0 Å². The Labute approximate surface area is 129 Å². The Morgan fingerprint density at radius 1 is 1.29 bits per heavy atom. The molecule has 1 aromatic rings. The molecule has 1 aliphatic heterocycles. The number of hydrogen-bond acceptors (Lipinski definition) is 4. The first kappa shape index (κ1) is 15.7. The van der Waals surface area contributed by atoms with Gasteiger partial charge in [-0.25, -0.2) is 4.79 Å². The van der Waals surface area contributed by atoms with Gasteiger partial charge in [-0.05, 0) is 12.5 Å². The summed E-state index contributed by atoms with van der Waals surface area (Å²) in [5.74, 6) is 1.86. The van der Waals surface area contributed by atoms with Gasteiger partial charge in [-0.1, -0.05) is 30.3 Å². The summed E-state index contributed by atoms with van der Waals surface area (Å²) in [4.78, 5) is 25.7. The molecule has 1 fully saturated rings. The molecule has 1 N–H and O–H groups in total. The van der Waals surface area contributed by atoms with Crippen LogP contribution in [-0.4, -0.2) is 47.5 Å². The van der Waals surface area contributed by atoms with Crippen molar-refractivity contribution < 1.29 is 14.3 Å². The first-order chi connectivity index (χ1) is 10.2. The molecule has 0 bridgehead atoms. The van der Waals surface area contributed by atoms with Crippen LogP contribution in [0.3, 0.4) is 0 Å². The lowest BCUT2D eigenvalue weighted by atomic mass is 10.2. The second-order valence-electron chi connectivity index (χ2n) is 4.87. The van der Waals surface area contributed by atoms with Crippen molar-refractivity contribution in [2.24, 2.45) is 0 Å². The lowest BCUT2D eigenvalue weighted by Gasteiger charge is -2.29. The van der Waals surface area contributed by atoms with E-state index in [9.17, 15) is 9.59 Å². The fourth-order valence-corrected chi connectivity index (χ4v) is 2.96. The number of alkyl carbamates (subject to hydrolysis) is 1. The number of carbonyl (C=O) groups excluding carboxylic acids is 2. The van der Waals surface area contributed by atoms with Crippen LogP contribution in [0.2, 0.25) is 0 Å². The SMILES string of the molecule is C[C@H](NC(=O)OCc1ccccc1)C(=O)N1CCSCC1. The number of carbonyl (C=O) groups is 2. The average molecular weight is 308 g/mol. The molecule has 0 spiro atoms. The molecule has 21 heavy (non-hydrogen) atoms. The first-order valence-electron chi connectivity index (χ1n) is 7.00. The van der Waals surface area contributed by atoms with E-state index in [1.54, 1.807) is 11.8 Å². The number of amides is 2. The predicted molar refractivity (Wildman–Crippen MR) is 83.1 cm³/mol. The minimum absolute atomic E-state index is 0.0491. The van der Waals surface area contributed by atoms with Gasteiger partial charge in [-0.2, -0.15) is 11.8 Å². The zero-order chi connectivity index (χ0) is 15.1. The molecule has 1 aromatic carbocycles. The molecule has 0 unspecified atom stereocenters. The predicted octanol–water partition coefficient (Wildman–Crippen LogP) is 1.88. The molecule has 0 saturated carbocycles. The first-order valence-corrected chi connectivity index (χ1v) is 8.16. The van der Waals surface area contributed by atoms with Crippen LogP contribution in [-0.2, 0) is 16.1 Å². The van der Waals surface area contributed by atoms with Crippen LogP contribution in [0.5, 0.6) is 0 Å². The van der Waals surface area contributed by atoms with Gasteiger partial charge in [0.1, 0.15) is 12.6 Å². The summed E-state index contributed by atoms with van der Waals surface area (Å²) < 4.78 is 5.11. The Bertz CT molecular complexity index is 475. The van der Waals surface area contributed by atoms with Crippen molar-refractivity contribution in [2.45, 2.75) is 19.6 Å². The molecule has 0 aliphatic carbocycles. The zero-order valence-corrected chi connectivity index (χ0v) is 12.9. The average Bonchev–Trinajstić information content (AvgIpc) is 2.54. The molecule has 0 aromatic heterocycles. The Morgan fingerprint density at radius 3 is 2.62 bits per heavy atom. The van der Waals surface area contributed by atoms with Gasteiger partial charge < -0.3 is 15.0 Å². The van der Waals surface area contributed by atoms with Crippen molar-refractivity contribution in [1.29, 1.82) is 0 Å². The van der Waals surface area contributed by atoms with E-state index in [1.165, 1.54) is 0 Å². The lowest BCUT2D eigenvalue weighted by Crippen LogP contribution is -2.49. The van der Waals surface area contributed by atoms with Crippen LogP contribution in [0, 0.1) is 0 Å². The second-order valence-corrected chi connectivity index (χ2v) is 6.09. The summed E-state index contributed by atoms with van der Waals surface area (Å²) in [6, 6.07) is 8.88. The van der Waals surface area contributed by atoms with E-state index < -0.39 is 12.1 Å². The number of benzene rings is 1. The van der Waals surface area contributed by atoms with Gasteiger partial charge in [-0.3, -0.25) is 4.79 Å². The molecule has 1 atom stereocenters. The molecule has 1 saturated heterocycles. The Balaban J connectivity index is 1.74. The van der Waals surface area contributed by atoms with Crippen LogP contribution in [0.4, 0.5) is 4.79 Å². The van der Waals surface area contributed by atoms with Crippen molar-refractivity contribution >= 4 is 23.8 Å². The maximum atomic E-state index is 12.2. The Kier molecular flexibility index (Phi) is 5.92. The maximum absolute atomic E-state index is 12.2. The smallest absolute Gasteiger partial charge is 0.408 e. The molecule has 1 heterocycles. The molecule has 2 rings (SSSR count). The Morgan fingerprint density at radius 2 is 1.95 bits per heavy atom. The van der Waals surface area contributed by atoms with Crippen LogP contribution >= 0.6 is 11.8 Å². The fourth-order valence-electron chi connectivity index (χ4n) is 2.06. The topological polar surface area (TPSA) is 58.6 Å². The van der Waals surface area contributed by atoms with Gasteiger partial charge in [0.05, 0.1) is 0 Å². The van der Waals surface area contributed by atoms with E-state index in [0.717, 1.165) is 30.2 Å². The van der Waals surface area contributed by atoms with Crippen molar-refractivity contribution in [3.63, 3.8) is 0 Å². The third-order valence-electron chi connectivity index (χ3n) is 3.24. The van der Waals surface area contributed by atoms with Crippen molar-refractivity contribution in [2.75, 3.05) is 24.6 Å². The van der Waals surface area contributed by atoms with Gasteiger partial charge in [0, 0.05) is 24.6 Å². The minimum atomic E-state index is -0.564. The highest BCUT2D eigenvalue weighted by molar-refractivity contribution is 7.99. The second kappa shape index (κ2) is 7.93. The summed E-state index contributed by atoms with van der Waals surface area (Å²) in [6.45, 7) is 3.38. The third kappa shape index (κ3) is 4.97. The number of nitrogens with zero attached hydrogens (tertiary/aromatic N) is 1. The van der Waals surface area contributed by atoms with Crippen molar-refractivity contribution in [1.82, 2.24) is 10.2 Å². The number of hydrogen-bond donors (Lipinski definition) is 1. The van der Waals surface area contributed by atoms with Crippen molar-refractivity contribution in [3.8, 4) is 0 Å². The standard InChI is InChI=1S/C15H20N2O3S/c1-12(14(18)17-7-9-21-10-8-17)16-15(19)20-11-13-5-3-2-4-6-13/h2-6,12H,7-11H2,1H3,(H,16,19)/t12-/m0/s1. The number of ether oxygens (including phenoxy) is 1. The fraction of sp³-hybridized carbons (Fsp3) is 0.467. The Hall–Kier alpha value is -1.69. The van der Waals surface area contributed by atoms with Crippen LogP contribution in [0.1, 0.15) is 12.5 Å². The molecule has 114 valence electrons. The molecular weight excluding hydrogens is 288 g/mol. The highest BCUT2D eigenvalue weighted by atomic mass is 32.2. The highest BCUT2D eigenvalue weighted by Gasteiger charge is 2.23. The van der Waals surface area contributed by atoms with Gasteiger partial charge in [0.15, 0.2) is 0 Å². The van der Waals surface area contributed by atoms with Crippen molar-refractivity contribution in [3.05, 3.63) is 35.9 Å². The lowest BCUT2D eigenvalue weighted by molar-refractivity contribution is -0.132. The monoisotopic (exact) mass is 308 g/mol. The molecule has 1 aliphatic rings. The van der Waals surface area contributed by atoms with Gasteiger partial charge in [0.25, 0.3) is 0 Å². The van der Waals surface area contributed by atoms with Gasteiger partial charge >= 0.3 is 6.09 Å². The number of thioether (sulfide) groups is 1. The molecule has 5 nitrogen and oxygen atoms in total. The summed E-state index contributed by atoms with van der Waals surface area (Å²) in [7, 11) is 0. The summed E-state index contributed by atoms with van der Waals surface area (Å²) in [6.07, 6.45) is -0.564. The van der Waals surface area contributed by atoms with E-state index in [1.807, 2.05) is 42.1 Å². The summed E-state index contributed by atoms with van der Waals surface area (Å²) in [5, 5.41) is 2.59. The zero-order valence-electron chi connectivity index (χ0n) is 12.1. The largest absolute Gasteiger partial charge is 0.445 e. The van der Waals surface area contributed by atoms with Crippen LogP contribution < -0.4 is 5.32 Å². The van der Waals surface area contributed by atoms with E-state index >= 15 is 0 Å². The summed E-state index contributed by atoms with van der Waals surface area (Å²) in [5.41, 5.74) is 0.916. The molecular formula is C15H20N2O3S. The van der Waals surface area contributed by atoms with Gasteiger partial charge in [-0.15, -0.1) is 0 Å². The van der Waals surface area contributed by atoms with Gasteiger partial charge in [0.2, 0.25) is 5.91 Å². The quantitative estimate of drug-likeness (QED) is 0.922. The molecule has 2 amide bonds. The number of rotatable bonds is 4. The number of nitrogens with one attached hydrogen (secondary N) is 1. The van der Waals surface area contributed by atoms with E-state index in [2.05, 4.69) is 5.32 Å². The minimum Gasteiger partial charge on any atom is -0.445 e.